The smallest absolute Gasteiger partial charge is 0.00465 e. The molecule has 0 bridgehead atoms. The zero-order valence-electron chi connectivity index (χ0n) is 27.0. The molecule has 0 radical (unpaired) electrons. The number of hydrogen-bond donors (Lipinski definition) is 0. The van der Waals surface area contributed by atoms with Crippen LogP contribution in [0.1, 0.15) is 139 Å². The van der Waals surface area contributed by atoms with E-state index in [1.165, 1.54) is 11.1 Å². The summed E-state index contributed by atoms with van der Waals surface area (Å²) in [6, 6.07) is 5.17. The van der Waals surface area contributed by atoms with Crippen molar-refractivity contribution in [2.24, 2.45) is 50.2 Å². The summed E-state index contributed by atoms with van der Waals surface area (Å²) < 4.78 is 0. The van der Waals surface area contributed by atoms with Crippen LogP contribution in [0.3, 0.4) is 0 Å². The van der Waals surface area contributed by atoms with Crippen LogP contribution in [0.15, 0.2) is 12.1 Å². The van der Waals surface area contributed by atoms with Gasteiger partial charge in [0, 0.05) is 0 Å². The van der Waals surface area contributed by atoms with Crippen LogP contribution in [-0.4, -0.2) is 0 Å². The number of benzene rings is 1. The summed E-state index contributed by atoms with van der Waals surface area (Å²) in [5, 5.41) is 0. The van der Waals surface area contributed by atoms with Gasteiger partial charge in [0.1, 0.15) is 0 Å². The zero-order valence-corrected chi connectivity index (χ0v) is 27.0. The molecule has 0 spiro atoms. The second-order valence-corrected chi connectivity index (χ2v) is 16.1. The SMILES string of the molecule is CC.Cc1cc2c(cc1C)C(C)(C)C(C)(C)[C@@H]1C2C(C)(C)C(C)C2(C)C1C(C)(C)C(C)(C)C2(C)C. The fraction of sp³-hybridized carbons (Fsp3) is 0.829. The second kappa shape index (κ2) is 7.63. The molecular formula is C35H60. The topological polar surface area (TPSA) is 0 Å². The van der Waals surface area contributed by atoms with Gasteiger partial charge in [0.05, 0.1) is 0 Å². The van der Waals surface area contributed by atoms with Crippen molar-refractivity contribution in [3.8, 4) is 0 Å². The summed E-state index contributed by atoms with van der Waals surface area (Å²) in [7, 11) is 0. The largest absolute Gasteiger partial charge is 0.0683 e. The molecule has 0 nitrogen and oxygen atoms in total. The molecule has 4 unspecified atom stereocenters. The first-order chi connectivity index (χ1) is 15.6. The average molecular weight is 481 g/mol. The Hall–Kier alpha value is -0.780. The van der Waals surface area contributed by atoms with E-state index in [0.717, 1.165) is 0 Å². The number of hydrogen-bond acceptors (Lipinski definition) is 0. The van der Waals surface area contributed by atoms with Crippen molar-refractivity contribution in [2.75, 3.05) is 0 Å². The Balaban J connectivity index is 0.00000167. The highest BCUT2D eigenvalue weighted by Gasteiger charge is 2.79. The van der Waals surface area contributed by atoms with Gasteiger partial charge in [0.25, 0.3) is 0 Å². The van der Waals surface area contributed by atoms with Gasteiger partial charge in [-0.15, -0.1) is 0 Å². The Bertz CT molecular complexity index is 995. The molecule has 4 rings (SSSR count). The fourth-order valence-electron chi connectivity index (χ4n) is 10.2. The van der Waals surface area contributed by atoms with Crippen molar-refractivity contribution in [1.29, 1.82) is 0 Å². The molecule has 0 N–H and O–H groups in total. The second-order valence-electron chi connectivity index (χ2n) is 16.1. The van der Waals surface area contributed by atoms with E-state index in [2.05, 4.69) is 123 Å². The Morgan fingerprint density at radius 1 is 0.629 bits per heavy atom. The van der Waals surface area contributed by atoms with E-state index in [-0.39, 0.29) is 37.9 Å². The van der Waals surface area contributed by atoms with Crippen LogP contribution in [0, 0.1) is 64.1 Å². The van der Waals surface area contributed by atoms with E-state index in [9.17, 15) is 0 Å². The van der Waals surface area contributed by atoms with Crippen LogP contribution in [0.4, 0.5) is 0 Å². The molecule has 2 fully saturated rings. The molecule has 200 valence electrons. The molecule has 0 amide bonds. The maximum atomic E-state index is 2.70. The number of aryl methyl sites for hydroxylation is 2. The van der Waals surface area contributed by atoms with Gasteiger partial charge >= 0.3 is 0 Å². The minimum absolute atomic E-state index is 0.131. The predicted octanol–water partition coefficient (Wildman–Crippen LogP) is 10.7. The van der Waals surface area contributed by atoms with Gasteiger partial charge in [-0.2, -0.15) is 0 Å². The van der Waals surface area contributed by atoms with Crippen LogP contribution < -0.4 is 0 Å². The van der Waals surface area contributed by atoms with E-state index in [0.29, 0.717) is 23.7 Å². The lowest BCUT2D eigenvalue weighted by molar-refractivity contribution is -0.182. The van der Waals surface area contributed by atoms with E-state index in [1.807, 2.05) is 13.8 Å². The quantitative estimate of drug-likeness (QED) is 0.346. The standard InChI is InChI=1S/C33H54.C2H6/c1-19-17-22-23(18-20(19)2)28(6,7)29(8,9)25-24(22)27(4,5)21(3)33(16)26(25)30(10,11)31(12,13)32(33,14)15;1-2/h17-18,21,24-26H,1-16H3;1-2H3/t21?,24?,25-,26?,33?;/m1./s1. The molecule has 1 aromatic carbocycles. The van der Waals surface area contributed by atoms with Crippen molar-refractivity contribution in [2.45, 2.75) is 136 Å². The normalized spacial score (nSPS) is 38.3. The van der Waals surface area contributed by atoms with Crippen LogP contribution in [0.2, 0.25) is 0 Å². The highest BCUT2D eigenvalue weighted by molar-refractivity contribution is 5.49. The lowest BCUT2D eigenvalue weighted by Gasteiger charge is -2.71. The van der Waals surface area contributed by atoms with Gasteiger partial charge in [-0.3, -0.25) is 0 Å². The van der Waals surface area contributed by atoms with Crippen molar-refractivity contribution < 1.29 is 0 Å². The van der Waals surface area contributed by atoms with E-state index >= 15 is 0 Å². The average Bonchev–Trinajstić information content (AvgIpc) is 2.80. The van der Waals surface area contributed by atoms with Gasteiger partial charge in [-0.1, -0.05) is 123 Å². The monoisotopic (exact) mass is 480 g/mol. The van der Waals surface area contributed by atoms with Gasteiger partial charge in [0.2, 0.25) is 0 Å². The molecular weight excluding hydrogens is 420 g/mol. The molecule has 35 heavy (non-hydrogen) atoms. The first-order valence-electron chi connectivity index (χ1n) is 14.7. The maximum absolute atomic E-state index is 2.70. The summed E-state index contributed by atoms with van der Waals surface area (Å²) in [6.07, 6.45) is 0. The summed E-state index contributed by atoms with van der Waals surface area (Å²) >= 11 is 0. The van der Waals surface area contributed by atoms with E-state index < -0.39 is 0 Å². The molecule has 2 saturated carbocycles. The molecule has 0 aliphatic heterocycles. The Morgan fingerprint density at radius 2 is 1.09 bits per heavy atom. The molecule has 0 aromatic heterocycles. The molecule has 1 aromatic rings. The minimum atomic E-state index is 0.131. The summed E-state index contributed by atoms with van der Waals surface area (Å²) in [5.74, 6) is 2.55. The lowest BCUT2D eigenvalue weighted by Crippen LogP contribution is -2.65. The van der Waals surface area contributed by atoms with E-state index in [4.69, 9.17) is 0 Å². The van der Waals surface area contributed by atoms with Crippen LogP contribution >= 0.6 is 0 Å². The number of fused-ring (bicyclic) bond motifs is 5. The molecule has 5 atom stereocenters. The molecule has 0 saturated heterocycles. The Morgan fingerprint density at radius 3 is 1.57 bits per heavy atom. The number of rotatable bonds is 0. The van der Waals surface area contributed by atoms with Gasteiger partial charge in [0.15, 0.2) is 0 Å². The minimum Gasteiger partial charge on any atom is -0.0683 e. The van der Waals surface area contributed by atoms with Gasteiger partial charge in [-0.05, 0) is 97.7 Å². The predicted molar refractivity (Wildman–Crippen MR) is 156 cm³/mol. The molecule has 3 aliphatic rings. The van der Waals surface area contributed by atoms with Crippen LogP contribution in [0.5, 0.6) is 0 Å². The summed E-state index contributed by atoms with van der Waals surface area (Å²) in [4.78, 5) is 0. The first kappa shape index (κ1) is 28.8. The Labute approximate surface area is 220 Å². The molecule has 0 heterocycles. The van der Waals surface area contributed by atoms with Crippen molar-refractivity contribution >= 4 is 0 Å². The van der Waals surface area contributed by atoms with Crippen LogP contribution in [0.25, 0.3) is 0 Å². The maximum Gasteiger partial charge on any atom is -0.00465 e. The summed E-state index contributed by atoms with van der Waals surface area (Å²) in [6.45, 7) is 45.2. The lowest BCUT2D eigenvalue weighted by atomic mass is 9.33. The van der Waals surface area contributed by atoms with E-state index in [1.54, 1.807) is 11.1 Å². The van der Waals surface area contributed by atoms with Crippen molar-refractivity contribution in [3.05, 3.63) is 34.4 Å². The van der Waals surface area contributed by atoms with Gasteiger partial charge in [-0.25, -0.2) is 0 Å². The highest BCUT2D eigenvalue weighted by Crippen LogP contribution is 2.84. The third-order valence-corrected chi connectivity index (χ3v) is 14.6. The highest BCUT2D eigenvalue weighted by atomic mass is 14.8. The first-order valence-corrected chi connectivity index (χ1v) is 14.7. The van der Waals surface area contributed by atoms with Crippen LogP contribution in [-0.2, 0) is 5.41 Å². The zero-order chi connectivity index (χ0) is 27.5. The fourth-order valence-corrected chi connectivity index (χ4v) is 10.2. The third-order valence-electron chi connectivity index (χ3n) is 14.6. The third kappa shape index (κ3) is 2.92. The van der Waals surface area contributed by atoms with Crippen molar-refractivity contribution in [1.82, 2.24) is 0 Å². The van der Waals surface area contributed by atoms with Gasteiger partial charge < -0.3 is 0 Å². The molecule has 3 aliphatic carbocycles. The molecule has 0 heteroatoms. The van der Waals surface area contributed by atoms with Crippen molar-refractivity contribution in [3.63, 3.8) is 0 Å². The summed E-state index contributed by atoms with van der Waals surface area (Å²) in [5.41, 5.74) is 7.79. The Kier molecular flexibility index (Phi) is 6.28.